The topological polar surface area (TPSA) is 71.4 Å². The third-order valence-corrected chi connectivity index (χ3v) is 9.06. The number of carbonyl (C=O) groups is 1. The van der Waals surface area contributed by atoms with Crippen LogP contribution >= 0.6 is 0 Å². The van der Waals surface area contributed by atoms with Gasteiger partial charge in [0.15, 0.2) is 0 Å². The van der Waals surface area contributed by atoms with Gasteiger partial charge in [-0.2, -0.15) is 4.31 Å². The number of hydrogen-bond acceptors (Lipinski definition) is 3. The molecule has 1 saturated heterocycles. The average Bonchev–Trinajstić information content (AvgIpc) is 3.16. The van der Waals surface area contributed by atoms with Gasteiger partial charge in [0.25, 0.3) is 0 Å². The number of hydrogen-bond donors (Lipinski definition) is 1. The second kappa shape index (κ2) is 9.33. The van der Waals surface area contributed by atoms with E-state index in [-0.39, 0.29) is 5.91 Å². The minimum absolute atomic E-state index is 0.0964. The molecule has 0 unspecified atom stereocenters. The lowest BCUT2D eigenvalue weighted by molar-refractivity contribution is -0.122. The van der Waals surface area contributed by atoms with Crippen LogP contribution in [-0.4, -0.2) is 42.3 Å². The van der Waals surface area contributed by atoms with Crippen molar-refractivity contribution in [2.75, 3.05) is 13.1 Å². The van der Waals surface area contributed by atoms with E-state index < -0.39 is 10.0 Å². The van der Waals surface area contributed by atoms with Crippen molar-refractivity contribution in [3.63, 3.8) is 0 Å². The van der Waals surface area contributed by atoms with Gasteiger partial charge in [-0.1, -0.05) is 26.7 Å². The zero-order chi connectivity index (χ0) is 22.0. The van der Waals surface area contributed by atoms with Crippen molar-refractivity contribution in [3.05, 3.63) is 30.5 Å². The van der Waals surface area contributed by atoms with Crippen molar-refractivity contribution < 1.29 is 13.2 Å². The first-order valence-corrected chi connectivity index (χ1v) is 13.2. The number of fused-ring (bicyclic) bond motifs is 1. The Labute approximate surface area is 186 Å². The van der Waals surface area contributed by atoms with Crippen molar-refractivity contribution in [1.82, 2.24) is 14.2 Å². The summed E-state index contributed by atoms with van der Waals surface area (Å²) in [5.74, 6) is 1.23. The van der Waals surface area contributed by atoms with E-state index in [2.05, 4.69) is 19.2 Å². The van der Waals surface area contributed by atoms with E-state index in [0.717, 1.165) is 30.2 Å². The van der Waals surface area contributed by atoms with Crippen LogP contribution in [0.1, 0.15) is 58.8 Å². The van der Waals surface area contributed by atoms with E-state index in [1.165, 1.54) is 19.3 Å². The van der Waals surface area contributed by atoms with Crippen molar-refractivity contribution in [1.29, 1.82) is 0 Å². The highest BCUT2D eigenvalue weighted by molar-refractivity contribution is 7.89. The van der Waals surface area contributed by atoms with Crippen molar-refractivity contribution in [2.45, 2.75) is 76.3 Å². The lowest BCUT2D eigenvalue weighted by Crippen LogP contribution is -2.41. The fraction of sp³-hybridized carbons (Fsp3) is 0.625. The van der Waals surface area contributed by atoms with Gasteiger partial charge in [0.05, 0.1) is 4.90 Å². The number of aromatic nitrogens is 1. The number of amides is 1. The summed E-state index contributed by atoms with van der Waals surface area (Å²) in [5.41, 5.74) is 0.963. The summed E-state index contributed by atoms with van der Waals surface area (Å²) >= 11 is 0. The molecule has 1 aliphatic heterocycles. The van der Waals surface area contributed by atoms with Gasteiger partial charge in [-0.05, 0) is 61.8 Å². The molecular weight excluding hydrogens is 410 g/mol. The summed E-state index contributed by atoms with van der Waals surface area (Å²) in [5, 5.41) is 4.11. The molecule has 0 radical (unpaired) electrons. The number of rotatable bonds is 6. The van der Waals surface area contributed by atoms with Crippen molar-refractivity contribution in [3.8, 4) is 0 Å². The van der Waals surface area contributed by atoms with Crippen LogP contribution in [0.4, 0.5) is 0 Å². The minimum Gasteiger partial charge on any atom is -0.353 e. The molecule has 6 nitrogen and oxygen atoms in total. The molecule has 1 aromatic heterocycles. The van der Waals surface area contributed by atoms with Crippen LogP contribution in [0, 0.1) is 11.8 Å². The molecule has 1 amide bonds. The fourth-order valence-corrected chi connectivity index (χ4v) is 6.45. The van der Waals surface area contributed by atoms with Crippen LogP contribution < -0.4 is 5.32 Å². The first-order chi connectivity index (χ1) is 14.8. The summed E-state index contributed by atoms with van der Waals surface area (Å²) < 4.78 is 29.7. The van der Waals surface area contributed by atoms with Gasteiger partial charge in [-0.15, -0.1) is 0 Å². The summed E-state index contributed by atoms with van der Waals surface area (Å²) in [6, 6.07) is 7.58. The Balaban J connectivity index is 1.41. The van der Waals surface area contributed by atoms with Crippen molar-refractivity contribution >= 4 is 26.8 Å². The Morgan fingerprint density at radius 2 is 1.81 bits per heavy atom. The lowest BCUT2D eigenvalue weighted by Gasteiger charge is -2.29. The second-order valence-electron chi connectivity index (χ2n) is 9.50. The molecule has 2 aromatic rings. The quantitative estimate of drug-likeness (QED) is 0.726. The highest BCUT2D eigenvalue weighted by atomic mass is 32.2. The normalized spacial score (nSPS) is 23.8. The lowest BCUT2D eigenvalue weighted by atomic mass is 9.86. The number of carbonyl (C=O) groups excluding carboxylic acids is 1. The molecule has 2 heterocycles. The molecule has 2 atom stereocenters. The zero-order valence-electron chi connectivity index (χ0n) is 18.7. The standard InChI is InChI=1S/C24H35N3O3S/c1-18-9-15-27(16-10-18)31(29,30)21-7-8-23-20(17-21)11-13-26(23)14-12-24(28)25-22-6-4-3-5-19(22)2/h7-8,11,13,17-19,22H,3-6,9-10,12,14-16H2,1-2H3,(H,25,28)/t19-,22-/m1/s1. The molecule has 2 fully saturated rings. The predicted octanol–water partition coefficient (Wildman–Crippen LogP) is 4.15. The molecule has 1 saturated carbocycles. The number of sulfonamides is 1. The molecule has 31 heavy (non-hydrogen) atoms. The maximum absolute atomic E-state index is 13.0. The molecule has 0 spiro atoms. The van der Waals surface area contributed by atoms with Gasteiger partial charge in [0.2, 0.25) is 15.9 Å². The molecule has 170 valence electrons. The summed E-state index contributed by atoms with van der Waals surface area (Å²) in [6.45, 7) is 6.18. The van der Waals surface area contributed by atoms with Crippen LogP contribution in [0.2, 0.25) is 0 Å². The third-order valence-electron chi connectivity index (χ3n) is 7.16. The van der Waals surface area contributed by atoms with E-state index in [1.807, 2.05) is 22.9 Å². The van der Waals surface area contributed by atoms with E-state index in [9.17, 15) is 13.2 Å². The maximum Gasteiger partial charge on any atom is 0.243 e. The number of nitrogens with one attached hydrogen (secondary N) is 1. The van der Waals surface area contributed by atoms with Crippen LogP contribution in [0.15, 0.2) is 35.4 Å². The molecule has 4 rings (SSSR count). The maximum atomic E-state index is 13.0. The third kappa shape index (κ3) is 4.98. The van der Waals surface area contributed by atoms with E-state index in [4.69, 9.17) is 0 Å². The second-order valence-corrected chi connectivity index (χ2v) is 11.4. The highest BCUT2D eigenvalue weighted by Gasteiger charge is 2.28. The first-order valence-electron chi connectivity index (χ1n) is 11.7. The molecule has 2 aliphatic rings. The summed E-state index contributed by atoms with van der Waals surface area (Å²) in [4.78, 5) is 12.8. The Kier molecular flexibility index (Phi) is 6.72. The number of piperidine rings is 1. The zero-order valence-corrected chi connectivity index (χ0v) is 19.5. The Morgan fingerprint density at radius 1 is 1.06 bits per heavy atom. The first kappa shape index (κ1) is 22.3. The molecule has 1 aromatic carbocycles. The number of nitrogens with zero attached hydrogens (tertiary/aromatic N) is 2. The van der Waals surface area contributed by atoms with Gasteiger partial charge in [-0.25, -0.2) is 8.42 Å². The van der Waals surface area contributed by atoms with Gasteiger partial charge >= 0.3 is 0 Å². The molecule has 0 bridgehead atoms. The summed E-state index contributed by atoms with van der Waals surface area (Å²) in [7, 11) is -3.46. The van der Waals surface area contributed by atoms with Gasteiger partial charge in [0, 0.05) is 49.2 Å². The van der Waals surface area contributed by atoms with Gasteiger partial charge < -0.3 is 9.88 Å². The molecule has 7 heteroatoms. The van der Waals surface area contributed by atoms with E-state index in [0.29, 0.717) is 48.8 Å². The molecule has 1 aliphatic carbocycles. The predicted molar refractivity (Wildman–Crippen MR) is 123 cm³/mol. The van der Waals surface area contributed by atoms with Gasteiger partial charge in [0.1, 0.15) is 0 Å². The molecular formula is C24H35N3O3S. The smallest absolute Gasteiger partial charge is 0.243 e. The fourth-order valence-electron chi connectivity index (χ4n) is 4.94. The van der Waals surface area contributed by atoms with E-state index >= 15 is 0 Å². The SMILES string of the molecule is CC1CCN(S(=O)(=O)c2ccc3c(ccn3CCC(=O)N[C@@H]3CCCC[C@H]3C)c2)CC1. The summed E-state index contributed by atoms with van der Waals surface area (Å²) in [6.07, 6.45) is 8.93. The number of aryl methyl sites for hydroxylation is 1. The van der Waals surface area contributed by atoms with Crippen LogP contribution in [-0.2, 0) is 21.4 Å². The Hall–Kier alpha value is -1.86. The van der Waals surface area contributed by atoms with Crippen LogP contribution in [0.3, 0.4) is 0 Å². The monoisotopic (exact) mass is 445 g/mol. The average molecular weight is 446 g/mol. The Morgan fingerprint density at radius 3 is 2.55 bits per heavy atom. The number of benzene rings is 1. The van der Waals surface area contributed by atoms with Crippen molar-refractivity contribution in [2.24, 2.45) is 11.8 Å². The van der Waals surface area contributed by atoms with Crippen LogP contribution in [0.5, 0.6) is 0 Å². The largest absolute Gasteiger partial charge is 0.353 e. The van der Waals surface area contributed by atoms with Crippen LogP contribution in [0.25, 0.3) is 10.9 Å². The highest BCUT2D eigenvalue weighted by Crippen LogP contribution is 2.27. The Bertz CT molecular complexity index is 1020. The molecule has 1 N–H and O–H groups in total. The van der Waals surface area contributed by atoms with E-state index in [1.54, 1.807) is 16.4 Å². The van der Waals surface area contributed by atoms with Gasteiger partial charge in [-0.3, -0.25) is 4.79 Å². The minimum atomic E-state index is -3.46.